The number of allylic oxidation sites excluding steroid dienone is 2. The van der Waals surface area contributed by atoms with Crippen molar-refractivity contribution in [2.75, 3.05) is 19.8 Å². The average molecular weight is 443 g/mol. The number of rotatable bonds is 20. The molecular formula is C26H50O5. The van der Waals surface area contributed by atoms with Crippen molar-refractivity contribution in [3.8, 4) is 0 Å². The van der Waals surface area contributed by atoms with Crippen LogP contribution in [-0.4, -0.2) is 59.6 Å². The highest BCUT2D eigenvalue weighted by atomic mass is 16.6. The summed E-state index contributed by atoms with van der Waals surface area (Å²) in [6.45, 7) is 2.77. The van der Waals surface area contributed by atoms with E-state index in [2.05, 4.69) is 19.1 Å². The summed E-state index contributed by atoms with van der Waals surface area (Å²) >= 11 is 0. The second-order valence-corrected chi connectivity index (χ2v) is 9.09. The van der Waals surface area contributed by atoms with Gasteiger partial charge in [0, 0.05) is 6.61 Å². The molecule has 0 radical (unpaired) electrons. The van der Waals surface area contributed by atoms with Gasteiger partial charge in [0.15, 0.2) is 0 Å². The Morgan fingerprint density at radius 3 is 1.81 bits per heavy atom. The molecule has 1 saturated heterocycles. The number of hydrogen-bond donors (Lipinski definition) is 3. The third-order valence-electron chi connectivity index (χ3n) is 6.25. The minimum atomic E-state index is -1.08. The van der Waals surface area contributed by atoms with Crippen LogP contribution >= 0.6 is 0 Å². The summed E-state index contributed by atoms with van der Waals surface area (Å²) in [7, 11) is 0. The number of aliphatic hydroxyl groups is 3. The maximum absolute atomic E-state index is 10.0. The molecule has 0 saturated carbocycles. The Labute approximate surface area is 191 Å². The molecule has 0 aromatic carbocycles. The van der Waals surface area contributed by atoms with Crippen LogP contribution in [0.4, 0.5) is 0 Å². The zero-order chi connectivity index (χ0) is 22.6. The predicted molar refractivity (Wildman–Crippen MR) is 127 cm³/mol. The molecule has 0 aromatic heterocycles. The molecule has 1 fully saturated rings. The second kappa shape index (κ2) is 20.2. The van der Waals surface area contributed by atoms with Crippen molar-refractivity contribution < 1.29 is 24.8 Å². The van der Waals surface area contributed by atoms with Gasteiger partial charge in [-0.2, -0.15) is 0 Å². The maximum atomic E-state index is 10.0. The molecule has 31 heavy (non-hydrogen) atoms. The van der Waals surface area contributed by atoms with Gasteiger partial charge in [-0.25, -0.2) is 0 Å². The van der Waals surface area contributed by atoms with Crippen molar-refractivity contribution in [1.29, 1.82) is 0 Å². The average Bonchev–Trinajstić information content (AvgIpc) is 2.78. The van der Waals surface area contributed by atoms with E-state index in [1.807, 2.05) is 0 Å². The van der Waals surface area contributed by atoms with E-state index in [9.17, 15) is 10.2 Å². The van der Waals surface area contributed by atoms with Crippen LogP contribution in [0.3, 0.4) is 0 Å². The third-order valence-corrected chi connectivity index (χ3v) is 6.25. The molecule has 0 unspecified atom stereocenters. The molecular weight excluding hydrogens is 392 g/mol. The van der Waals surface area contributed by atoms with Gasteiger partial charge in [0.25, 0.3) is 0 Å². The first-order valence-electron chi connectivity index (χ1n) is 13.1. The second-order valence-electron chi connectivity index (χ2n) is 9.09. The Morgan fingerprint density at radius 1 is 0.742 bits per heavy atom. The summed E-state index contributed by atoms with van der Waals surface area (Å²) in [6.07, 6.45) is 22.1. The van der Waals surface area contributed by atoms with Crippen LogP contribution in [0, 0.1) is 0 Å². The highest BCUT2D eigenvalue weighted by Crippen LogP contribution is 2.18. The molecule has 184 valence electrons. The molecule has 5 nitrogen and oxygen atoms in total. The van der Waals surface area contributed by atoms with Crippen molar-refractivity contribution in [3.05, 3.63) is 12.2 Å². The minimum Gasteiger partial charge on any atom is -0.394 e. The van der Waals surface area contributed by atoms with E-state index in [0.717, 1.165) is 12.8 Å². The van der Waals surface area contributed by atoms with Gasteiger partial charge < -0.3 is 24.8 Å². The van der Waals surface area contributed by atoms with Crippen LogP contribution in [0.25, 0.3) is 0 Å². The number of hydrogen-bond acceptors (Lipinski definition) is 5. The Bertz CT molecular complexity index is 415. The van der Waals surface area contributed by atoms with E-state index in [1.165, 1.54) is 89.9 Å². The van der Waals surface area contributed by atoms with E-state index in [0.29, 0.717) is 6.61 Å². The lowest BCUT2D eigenvalue weighted by Crippen LogP contribution is -2.55. The van der Waals surface area contributed by atoms with Crippen LogP contribution in [0.2, 0.25) is 0 Å². The lowest BCUT2D eigenvalue weighted by Gasteiger charge is -2.36. The van der Waals surface area contributed by atoms with Gasteiger partial charge in [-0.1, -0.05) is 89.7 Å². The lowest BCUT2D eigenvalue weighted by atomic mass is 10.0. The van der Waals surface area contributed by atoms with Crippen molar-refractivity contribution >= 4 is 0 Å². The molecule has 0 amide bonds. The molecule has 5 heteroatoms. The van der Waals surface area contributed by atoms with Gasteiger partial charge >= 0.3 is 0 Å². The van der Waals surface area contributed by atoms with Crippen LogP contribution in [0.5, 0.6) is 0 Å². The quantitative estimate of drug-likeness (QED) is 0.176. The fraction of sp³-hybridized carbons (Fsp3) is 0.923. The number of aliphatic hydroxyl groups excluding tert-OH is 3. The Kier molecular flexibility index (Phi) is 18.6. The van der Waals surface area contributed by atoms with E-state index in [4.69, 9.17) is 14.6 Å². The van der Waals surface area contributed by atoms with Crippen LogP contribution in [0.1, 0.15) is 110 Å². The van der Waals surface area contributed by atoms with E-state index in [-0.39, 0.29) is 13.2 Å². The first kappa shape index (κ1) is 28.6. The van der Waals surface area contributed by atoms with E-state index in [1.54, 1.807) is 0 Å². The summed E-state index contributed by atoms with van der Waals surface area (Å²) in [5, 5.41) is 28.9. The zero-order valence-corrected chi connectivity index (χ0v) is 20.1. The maximum Gasteiger partial charge on any atom is 0.111 e. The summed E-state index contributed by atoms with van der Waals surface area (Å²) < 4.78 is 11.0. The molecule has 1 rings (SSSR count). The van der Waals surface area contributed by atoms with Gasteiger partial charge in [-0.15, -0.1) is 0 Å². The summed E-state index contributed by atoms with van der Waals surface area (Å²) in [5.74, 6) is 0. The van der Waals surface area contributed by atoms with Crippen molar-refractivity contribution in [2.45, 2.75) is 134 Å². The predicted octanol–water partition coefficient (Wildman–Crippen LogP) is 5.30. The molecule has 4 atom stereocenters. The molecule has 1 aliphatic rings. The van der Waals surface area contributed by atoms with E-state index >= 15 is 0 Å². The first-order chi connectivity index (χ1) is 15.2. The van der Waals surface area contributed by atoms with Crippen molar-refractivity contribution in [2.24, 2.45) is 0 Å². The monoisotopic (exact) mass is 442 g/mol. The Morgan fingerprint density at radius 2 is 1.26 bits per heavy atom. The standard InChI is InChI=1S/C26H50O5/c1-2-3-4-5-6-7-8-9-10-11-12-13-14-15-16-17-18-19-20-30-24-22-31-23(21-27)25(28)26(24)29/h7-8,23-29H,2-6,9-22H2,1H3/b8-7+/t23-,24+,25-,26-/m0/s1. The van der Waals surface area contributed by atoms with Crippen LogP contribution in [-0.2, 0) is 9.47 Å². The highest BCUT2D eigenvalue weighted by Gasteiger charge is 2.38. The normalized spacial score (nSPS) is 24.3. The molecule has 1 heterocycles. The van der Waals surface area contributed by atoms with Crippen LogP contribution < -0.4 is 0 Å². The SMILES string of the molecule is CCCCCC/C=C/CCCCCCCCCCCCO[C@@H]1CO[C@@H](CO)[C@H](O)[C@H]1O. The summed E-state index contributed by atoms with van der Waals surface area (Å²) in [4.78, 5) is 0. The van der Waals surface area contributed by atoms with Gasteiger partial charge in [-0.05, 0) is 32.1 Å². The Hall–Kier alpha value is -0.460. The van der Waals surface area contributed by atoms with E-state index < -0.39 is 24.4 Å². The number of ether oxygens (including phenoxy) is 2. The van der Waals surface area contributed by atoms with Gasteiger partial charge in [0.2, 0.25) is 0 Å². The first-order valence-corrected chi connectivity index (χ1v) is 13.1. The third kappa shape index (κ3) is 14.3. The van der Waals surface area contributed by atoms with Crippen molar-refractivity contribution in [3.63, 3.8) is 0 Å². The molecule has 0 aromatic rings. The largest absolute Gasteiger partial charge is 0.394 e. The fourth-order valence-corrected chi connectivity index (χ4v) is 4.10. The summed E-state index contributed by atoms with van der Waals surface area (Å²) in [5.41, 5.74) is 0. The smallest absolute Gasteiger partial charge is 0.111 e. The molecule has 0 aliphatic carbocycles. The fourth-order valence-electron chi connectivity index (χ4n) is 4.10. The topological polar surface area (TPSA) is 79.2 Å². The zero-order valence-electron chi connectivity index (χ0n) is 20.1. The van der Waals surface area contributed by atoms with Gasteiger partial charge in [-0.3, -0.25) is 0 Å². The Balaban J connectivity index is 1.80. The highest BCUT2D eigenvalue weighted by molar-refractivity contribution is 4.87. The molecule has 3 N–H and O–H groups in total. The lowest BCUT2D eigenvalue weighted by molar-refractivity contribution is -0.208. The van der Waals surface area contributed by atoms with Crippen LogP contribution in [0.15, 0.2) is 12.2 Å². The van der Waals surface area contributed by atoms with Gasteiger partial charge in [0.1, 0.15) is 24.4 Å². The van der Waals surface area contributed by atoms with Crippen molar-refractivity contribution in [1.82, 2.24) is 0 Å². The molecule has 0 bridgehead atoms. The summed E-state index contributed by atoms with van der Waals surface area (Å²) in [6, 6.07) is 0. The minimum absolute atomic E-state index is 0.221. The molecule has 1 aliphatic heterocycles. The number of unbranched alkanes of at least 4 members (excludes halogenated alkanes) is 14. The van der Waals surface area contributed by atoms with Gasteiger partial charge in [0.05, 0.1) is 13.2 Å². The molecule has 0 spiro atoms.